The van der Waals surface area contributed by atoms with Gasteiger partial charge in [-0.3, -0.25) is 9.59 Å². The lowest BCUT2D eigenvalue weighted by Crippen LogP contribution is -2.34. The van der Waals surface area contributed by atoms with Crippen molar-refractivity contribution in [2.75, 3.05) is 17.6 Å². The van der Waals surface area contributed by atoms with Gasteiger partial charge < -0.3 is 10.6 Å². The Labute approximate surface area is 147 Å². The van der Waals surface area contributed by atoms with Crippen molar-refractivity contribution in [3.63, 3.8) is 0 Å². The first-order valence-electron chi connectivity index (χ1n) is 7.92. The molecule has 0 bridgehead atoms. The van der Waals surface area contributed by atoms with Gasteiger partial charge in [-0.1, -0.05) is 42.8 Å². The molecule has 0 radical (unpaired) electrons. The van der Waals surface area contributed by atoms with E-state index < -0.39 is 0 Å². The van der Waals surface area contributed by atoms with Gasteiger partial charge in [0.1, 0.15) is 0 Å². The summed E-state index contributed by atoms with van der Waals surface area (Å²) in [6.45, 7) is 4.03. The van der Waals surface area contributed by atoms with Gasteiger partial charge in [-0.2, -0.15) is 0 Å². The number of hydrogen-bond acceptors (Lipinski definition) is 3. The summed E-state index contributed by atoms with van der Waals surface area (Å²) in [6, 6.07) is 15.7. The van der Waals surface area contributed by atoms with E-state index in [4.69, 9.17) is 0 Å². The molecule has 0 atom stereocenters. The molecule has 4 nitrogen and oxygen atoms in total. The highest BCUT2D eigenvalue weighted by Gasteiger charge is 2.08. The van der Waals surface area contributed by atoms with Crippen molar-refractivity contribution in [1.29, 1.82) is 0 Å². The zero-order valence-corrected chi connectivity index (χ0v) is 14.8. The molecule has 0 aliphatic rings. The van der Waals surface area contributed by atoms with E-state index in [-0.39, 0.29) is 18.4 Å². The number of nitrogens with one attached hydrogen (secondary N) is 2. The summed E-state index contributed by atoms with van der Waals surface area (Å²) in [5.41, 5.74) is 3.04. The van der Waals surface area contributed by atoms with Gasteiger partial charge in [-0.05, 0) is 37.1 Å². The molecule has 126 valence electrons. The molecule has 0 aliphatic carbocycles. The summed E-state index contributed by atoms with van der Waals surface area (Å²) < 4.78 is 0. The third-order valence-electron chi connectivity index (χ3n) is 3.48. The minimum atomic E-state index is -0.218. The van der Waals surface area contributed by atoms with Crippen LogP contribution in [0.4, 0.5) is 5.69 Å². The smallest absolute Gasteiger partial charge is 0.243 e. The van der Waals surface area contributed by atoms with Gasteiger partial charge in [-0.15, -0.1) is 11.8 Å². The zero-order valence-electron chi connectivity index (χ0n) is 14.0. The molecule has 0 spiro atoms. The lowest BCUT2D eigenvalue weighted by molar-refractivity contribution is -0.122. The van der Waals surface area contributed by atoms with Crippen molar-refractivity contribution < 1.29 is 9.59 Å². The molecule has 0 aromatic heterocycles. The van der Waals surface area contributed by atoms with Gasteiger partial charge in [0.25, 0.3) is 0 Å². The van der Waals surface area contributed by atoms with Crippen LogP contribution in [0.25, 0.3) is 0 Å². The summed E-state index contributed by atoms with van der Waals surface area (Å²) in [7, 11) is 0. The quantitative estimate of drug-likeness (QED) is 0.758. The van der Waals surface area contributed by atoms with Crippen LogP contribution in [0.5, 0.6) is 0 Å². The van der Waals surface area contributed by atoms with E-state index in [9.17, 15) is 9.59 Å². The first-order valence-corrected chi connectivity index (χ1v) is 8.91. The Hall–Kier alpha value is -2.27. The number of hydrogen-bond donors (Lipinski definition) is 2. The normalized spacial score (nSPS) is 10.2. The number of carbonyl (C=O) groups is 2. The van der Waals surface area contributed by atoms with E-state index in [1.807, 2.05) is 62.4 Å². The molecule has 24 heavy (non-hydrogen) atoms. The molecule has 2 aromatic rings. The van der Waals surface area contributed by atoms with Gasteiger partial charge in [0.05, 0.1) is 12.3 Å². The van der Waals surface area contributed by atoms with E-state index in [2.05, 4.69) is 10.6 Å². The van der Waals surface area contributed by atoms with Crippen molar-refractivity contribution in [3.8, 4) is 0 Å². The first-order chi connectivity index (χ1) is 11.6. The monoisotopic (exact) mass is 342 g/mol. The predicted octanol–water partition coefficient (Wildman–Crippen LogP) is 3.40. The Morgan fingerprint density at radius 1 is 1.04 bits per heavy atom. The minimum absolute atomic E-state index is 0.0226. The highest BCUT2D eigenvalue weighted by Crippen LogP contribution is 2.18. The van der Waals surface area contributed by atoms with Crippen LogP contribution in [-0.4, -0.2) is 24.1 Å². The molecule has 2 aromatic carbocycles. The molecule has 0 fully saturated rings. The Balaban J connectivity index is 1.76. The highest BCUT2D eigenvalue weighted by molar-refractivity contribution is 8.00. The standard InChI is InChI=1S/C19H22N2O2S/c1-3-15-8-4-5-10-17(15)21-18(22)12-20-19(23)13-24-16-9-6-7-14(2)11-16/h4-11H,3,12-13H2,1-2H3,(H,20,23)(H,21,22). The van der Waals surface area contributed by atoms with E-state index in [0.29, 0.717) is 5.75 Å². The van der Waals surface area contributed by atoms with Crippen molar-refractivity contribution in [3.05, 3.63) is 59.7 Å². The largest absolute Gasteiger partial charge is 0.346 e. The number of benzene rings is 2. The molecule has 0 heterocycles. The molecule has 2 rings (SSSR count). The number of aryl methyl sites for hydroxylation is 2. The third-order valence-corrected chi connectivity index (χ3v) is 4.47. The van der Waals surface area contributed by atoms with Crippen molar-refractivity contribution in [2.24, 2.45) is 0 Å². The van der Waals surface area contributed by atoms with E-state index in [1.165, 1.54) is 11.8 Å². The van der Waals surface area contributed by atoms with Crippen LogP contribution < -0.4 is 10.6 Å². The molecule has 0 unspecified atom stereocenters. The van der Waals surface area contributed by atoms with Crippen LogP contribution in [0.1, 0.15) is 18.1 Å². The van der Waals surface area contributed by atoms with Crippen LogP contribution in [-0.2, 0) is 16.0 Å². The maximum Gasteiger partial charge on any atom is 0.243 e. The molecule has 5 heteroatoms. The molecular formula is C19H22N2O2S. The Morgan fingerprint density at radius 2 is 1.83 bits per heavy atom. The van der Waals surface area contributed by atoms with Crippen LogP contribution >= 0.6 is 11.8 Å². The second-order valence-corrected chi connectivity index (χ2v) is 6.49. The molecule has 0 saturated heterocycles. The zero-order chi connectivity index (χ0) is 17.4. The number of para-hydroxylation sites is 1. The van der Waals surface area contributed by atoms with E-state index in [1.54, 1.807) is 0 Å². The summed E-state index contributed by atoms with van der Waals surface area (Å²) in [6.07, 6.45) is 0.843. The average molecular weight is 342 g/mol. The summed E-state index contributed by atoms with van der Waals surface area (Å²) in [5, 5.41) is 5.49. The SMILES string of the molecule is CCc1ccccc1NC(=O)CNC(=O)CSc1cccc(C)c1. The topological polar surface area (TPSA) is 58.2 Å². The molecule has 0 saturated carbocycles. The van der Waals surface area contributed by atoms with Crippen molar-refractivity contribution in [1.82, 2.24) is 5.32 Å². The Morgan fingerprint density at radius 3 is 2.58 bits per heavy atom. The number of rotatable bonds is 7. The lowest BCUT2D eigenvalue weighted by atomic mass is 10.1. The minimum Gasteiger partial charge on any atom is -0.346 e. The summed E-state index contributed by atoms with van der Waals surface area (Å²) in [5.74, 6) is -0.0762. The van der Waals surface area contributed by atoms with Gasteiger partial charge in [0.15, 0.2) is 0 Å². The second-order valence-electron chi connectivity index (χ2n) is 5.44. The average Bonchev–Trinajstić information content (AvgIpc) is 2.58. The van der Waals surface area contributed by atoms with Crippen molar-refractivity contribution >= 4 is 29.3 Å². The fourth-order valence-electron chi connectivity index (χ4n) is 2.23. The van der Waals surface area contributed by atoms with Crippen molar-refractivity contribution in [2.45, 2.75) is 25.2 Å². The summed E-state index contributed by atoms with van der Waals surface area (Å²) >= 11 is 1.46. The fraction of sp³-hybridized carbons (Fsp3) is 0.263. The number of carbonyl (C=O) groups excluding carboxylic acids is 2. The first kappa shape index (κ1) is 18.1. The third kappa shape index (κ3) is 5.74. The molecular weight excluding hydrogens is 320 g/mol. The van der Waals surface area contributed by atoms with Crippen LogP contribution in [0, 0.1) is 6.92 Å². The van der Waals surface area contributed by atoms with Crippen LogP contribution in [0.15, 0.2) is 53.4 Å². The fourth-order valence-corrected chi connectivity index (χ4v) is 3.07. The lowest BCUT2D eigenvalue weighted by Gasteiger charge is -2.10. The number of thioether (sulfide) groups is 1. The highest BCUT2D eigenvalue weighted by atomic mass is 32.2. The van der Waals surface area contributed by atoms with Crippen LogP contribution in [0.2, 0.25) is 0 Å². The van der Waals surface area contributed by atoms with Crippen LogP contribution in [0.3, 0.4) is 0 Å². The molecule has 2 amide bonds. The maximum absolute atomic E-state index is 12.0. The maximum atomic E-state index is 12.0. The summed E-state index contributed by atoms with van der Waals surface area (Å²) in [4.78, 5) is 24.9. The Bertz CT molecular complexity index is 716. The van der Waals surface area contributed by atoms with Gasteiger partial charge in [0.2, 0.25) is 11.8 Å². The number of amides is 2. The van der Waals surface area contributed by atoms with E-state index in [0.717, 1.165) is 28.1 Å². The van der Waals surface area contributed by atoms with Gasteiger partial charge in [0, 0.05) is 10.6 Å². The molecule has 0 aliphatic heterocycles. The van der Waals surface area contributed by atoms with Gasteiger partial charge >= 0.3 is 0 Å². The predicted molar refractivity (Wildman–Crippen MR) is 99.4 cm³/mol. The number of anilines is 1. The second kappa shape index (κ2) is 9.13. The van der Waals surface area contributed by atoms with Gasteiger partial charge in [-0.25, -0.2) is 0 Å². The Kier molecular flexibility index (Phi) is 6.88. The van der Waals surface area contributed by atoms with E-state index >= 15 is 0 Å². The molecule has 2 N–H and O–H groups in total.